The first-order chi connectivity index (χ1) is 11.0. The van der Waals surface area contributed by atoms with Crippen molar-refractivity contribution in [1.29, 1.82) is 0 Å². The highest BCUT2D eigenvalue weighted by molar-refractivity contribution is 6.35. The van der Waals surface area contributed by atoms with Gasteiger partial charge in [0, 0.05) is 16.1 Å². The van der Waals surface area contributed by atoms with Gasteiger partial charge < -0.3 is 8.83 Å². The lowest BCUT2D eigenvalue weighted by Gasteiger charge is -2.24. The molecule has 0 aliphatic heterocycles. The molecule has 0 saturated heterocycles. The van der Waals surface area contributed by atoms with E-state index in [4.69, 9.17) is 32.0 Å². The van der Waals surface area contributed by atoms with E-state index in [9.17, 15) is 0 Å². The average Bonchev–Trinajstić information content (AvgIpc) is 3.17. The van der Waals surface area contributed by atoms with Gasteiger partial charge in [0.1, 0.15) is 0 Å². The zero-order valence-electron chi connectivity index (χ0n) is 12.7. The van der Waals surface area contributed by atoms with Gasteiger partial charge in [-0.1, -0.05) is 29.3 Å². The van der Waals surface area contributed by atoms with Crippen LogP contribution >= 0.6 is 23.2 Å². The molecule has 0 spiro atoms. The summed E-state index contributed by atoms with van der Waals surface area (Å²) in [7, 11) is 1.96. The van der Waals surface area contributed by atoms with Crippen LogP contribution in [-0.4, -0.2) is 22.1 Å². The fourth-order valence-corrected chi connectivity index (χ4v) is 2.81. The Balaban J connectivity index is 1.72. The summed E-state index contributed by atoms with van der Waals surface area (Å²) >= 11 is 12.2. The van der Waals surface area contributed by atoms with Gasteiger partial charge in [0.05, 0.1) is 12.8 Å². The smallest absolute Gasteiger partial charge is 0.283 e. The molecule has 3 aromatic rings. The molecule has 1 aromatic carbocycles. The number of benzene rings is 1. The number of halogens is 2. The van der Waals surface area contributed by atoms with Crippen molar-refractivity contribution in [2.75, 3.05) is 7.05 Å². The highest BCUT2D eigenvalue weighted by Gasteiger charge is 2.18. The molecule has 1 unspecified atom stereocenters. The van der Waals surface area contributed by atoms with Crippen LogP contribution in [0.15, 0.2) is 45.4 Å². The lowest BCUT2D eigenvalue weighted by Crippen LogP contribution is -2.22. The molecule has 3 rings (SSSR count). The minimum atomic E-state index is 0.0683. The summed E-state index contributed by atoms with van der Waals surface area (Å²) in [5.41, 5.74) is 0.990. The molecule has 1 atom stereocenters. The van der Waals surface area contributed by atoms with Gasteiger partial charge in [-0.05, 0) is 43.8 Å². The molecule has 23 heavy (non-hydrogen) atoms. The van der Waals surface area contributed by atoms with Crippen molar-refractivity contribution < 1.29 is 8.83 Å². The van der Waals surface area contributed by atoms with Gasteiger partial charge >= 0.3 is 0 Å². The van der Waals surface area contributed by atoms with Crippen molar-refractivity contribution in [2.24, 2.45) is 0 Å². The van der Waals surface area contributed by atoms with E-state index in [1.165, 1.54) is 0 Å². The molecule has 0 aliphatic carbocycles. The van der Waals surface area contributed by atoms with Crippen LogP contribution in [0.5, 0.6) is 0 Å². The van der Waals surface area contributed by atoms with Gasteiger partial charge in [0.2, 0.25) is 5.89 Å². The van der Waals surface area contributed by atoms with E-state index in [1.54, 1.807) is 24.5 Å². The van der Waals surface area contributed by atoms with Crippen molar-refractivity contribution in [3.63, 3.8) is 0 Å². The molecular formula is C16H15Cl2N3O2. The van der Waals surface area contributed by atoms with Crippen molar-refractivity contribution >= 4 is 23.2 Å². The fourth-order valence-electron chi connectivity index (χ4n) is 2.25. The second-order valence-electron chi connectivity index (χ2n) is 5.24. The van der Waals surface area contributed by atoms with E-state index >= 15 is 0 Å². The van der Waals surface area contributed by atoms with E-state index < -0.39 is 0 Å². The number of hydrogen-bond acceptors (Lipinski definition) is 5. The van der Waals surface area contributed by atoms with Crippen LogP contribution in [0.2, 0.25) is 10.0 Å². The van der Waals surface area contributed by atoms with Gasteiger partial charge in [0.25, 0.3) is 5.89 Å². The van der Waals surface area contributed by atoms with E-state index in [0.717, 1.165) is 5.56 Å². The molecule has 0 saturated carbocycles. The Hall–Kier alpha value is -1.82. The highest BCUT2D eigenvalue weighted by atomic mass is 35.5. The number of hydrogen-bond donors (Lipinski definition) is 0. The molecule has 120 valence electrons. The molecule has 0 aliphatic rings. The predicted octanol–water partition coefficient (Wildman–Crippen LogP) is 4.83. The van der Waals surface area contributed by atoms with Gasteiger partial charge in [-0.2, -0.15) is 0 Å². The van der Waals surface area contributed by atoms with Crippen LogP contribution in [0.25, 0.3) is 11.7 Å². The number of rotatable bonds is 5. The summed E-state index contributed by atoms with van der Waals surface area (Å²) in [5, 5.41) is 9.30. The lowest BCUT2D eigenvalue weighted by molar-refractivity contribution is 0.228. The number of aromatic nitrogens is 2. The van der Waals surface area contributed by atoms with Crippen LogP contribution in [0.4, 0.5) is 0 Å². The molecule has 5 nitrogen and oxygen atoms in total. The number of furan rings is 1. The SMILES string of the molecule is CC(c1ccc(Cl)cc1Cl)N(C)Cc1nnc(-c2ccco2)o1. The summed E-state index contributed by atoms with van der Waals surface area (Å²) in [6.07, 6.45) is 1.57. The normalized spacial score (nSPS) is 12.7. The first-order valence-electron chi connectivity index (χ1n) is 7.06. The van der Waals surface area contributed by atoms with Crippen LogP contribution in [0.1, 0.15) is 24.4 Å². The van der Waals surface area contributed by atoms with E-state index in [2.05, 4.69) is 22.0 Å². The molecular weight excluding hydrogens is 337 g/mol. The molecule has 0 N–H and O–H groups in total. The Morgan fingerprint density at radius 1 is 1.22 bits per heavy atom. The first-order valence-corrected chi connectivity index (χ1v) is 7.81. The van der Waals surface area contributed by atoms with E-state index in [0.29, 0.717) is 34.1 Å². The average molecular weight is 352 g/mol. The van der Waals surface area contributed by atoms with Crippen molar-refractivity contribution in [1.82, 2.24) is 15.1 Å². The Morgan fingerprint density at radius 2 is 2.04 bits per heavy atom. The minimum absolute atomic E-state index is 0.0683. The van der Waals surface area contributed by atoms with Crippen LogP contribution in [0.3, 0.4) is 0 Å². The topological polar surface area (TPSA) is 55.3 Å². The molecule has 0 radical (unpaired) electrons. The van der Waals surface area contributed by atoms with E-state index in [1.807, 2.05) is 19.2 Å². The zero-order valence-corrected chi connectivity index (χ0v) is 14.2. The Morgan fingerprint density at radius 3 is 2.74 bits per heavy atom. The Bertz CT molecular complexity index is 786. The maximum atomic E-state index is 6.27. The molecule has 2 aromatic heterocycles. The Labute approximate surface area is 143 Å². The summed E-state index contributed by atoms with van der Waals surface area (Å²) in [6, 6.07) is 9.11. The standard InChI is InChI=1S/C16H15Cl2N3O2/c1-10(12-6-5-11(17)8-13(12)18)21(2)9-15-19-20-16(23-15)14-4-3-7-22-14/h3-8,10H,9H2,1-2H3. The van der Waals surface area contributed by atoms with Gasteiger partial charge in [0.15, 0.2) is 5.76 Å². The second-order valence-corrected chi connectivity index (χ2v) is 6.08. The maximum Gasteiger partial charge on any atom is 0.283 e. The lowest BCUT2D eigenvalue weighted by atomic mass is 10.1. The molecule has 7 heteroatoms. The summed E-state index contributed by atoms with van der Waals surface area (Å²) in [5.74, 6) is 1.44. The third-order valence-electron chi connectivity index (χ3n) is 3.66. The monoisotopic (exact) mass is 351 g/mol. The summed E-state index contributed by atoms with van der Waals surface area (Å²) in [4.78, 5) is 2.06. The van der Waals surface area contributed by atoms with Crippen LogP contribution in [-0.2, 0) is 6.54 Å². The molecule has 0 amide bonds. The van der Waals surface area contributed by atoms with Crippen molar-refractivity contribution in [2.45, 2.75) is 19.5 Å². The van der Waals surface area contributed by atoms with Crippen LogP contribution in [0, 0.1) is 0 Å². The summed E-state index contributed by atoms with van der Waals surface area (Å²) < 4.78 is 10.9. The zero-order chi connectivity index (χ0) is 16.4. The third kappa shape index (κ3) is 3.58. The third-order valence-corrected chi connectivity index (χ3v) is 4.22. The summed E-state index contributed by atoms with van der Waals surface area (Å²) in [6.45, 7) is 2.55. The molecule has 0 fully saturated rings. The largest absolute Gasteiger partial charge is 0.459 e. The highest BCUT2D eigenvalue weighted by Crippen LogP contribution is 2.30. The van der Waals surface area contributed by atoms with Gasteiger partial charge in [-0.25, -0.2) is 0 Å². The predicted molar refractivity (Wildman–Crippen MR) is 88.3 cm³/mol. The Kier molecular flexibility index (Phi) is 4.71. The van der Waals surface area contributed by atoms with Crippen LogP contribution < -0.4 is 0 Å². The van der Waals surface area contributed by atoms with Gasteiger partial charge in [-0.3, -0.25) is 4.90 Å². The maximum absolute atomic E-state index is 6.27. The second kappa shape index (κ2) is 6.74. The molecule has 2 heterocycles. The first kappa shape index (κ1) is 16.1. The molecule has 0 bridgehead atoms. The van der Waals surface area contributed by atoms with E-state index in [-0.39, 0.29) is 6.04 Å². The van der Waals surface area contributed by atoms with Gasteiger partial charge in [-0.15, -0.1) is 10.2 Å². The van der Waals surface area contributed by atoms with Crippen molar-refractivity contribution in [3.05, 3.63) is 58.1 Å². The fraction of sp³-hybridized carbons (Fsp3) is 0.250. The minimum Gasteiger partial charge on any atom is -0.459 e. The quantitative estimate of drug-likeness (QED) is 0.658. The van der Waals surface area contributed by atoms with Crippen molar-refractivity contribution in [3.8, 4) is 11.7 Å². The number of nitrogens with zero attached hydrogens (tertiary/aromatic N) is 3.